The highest BCUT2D eigenvalue weighted by Crippen LogP contribution is 2.55. The lowest BCUT2D eigenvalue weighted by atomic mass is 9.67. The van der Waals surface area contributed by atoms with Crippen molar-refractivity contribution in [3.05, 3.63) is 85.8 Å². The van der Waals surface area contributed by atoms with Crippen molar-refractivity contribution in [3.8, 4) is 0 Å². The molecule has 19 rings (SSSR count). The molecule has 706 valence electrons. The molecule has 0 atom stereocenters. The van der Waals surface area contributed by atoms with Crippen LogP contribution in [-0.2, 0) is 126 Å². The van der Waals surface area contributed by atoms with E-state index in [2.05, 4.69) is 103 Å². The third-order valence-electron chi connectivity index (χ3n) is 33.1. The van der Waals surface area contributed by atoms with E-state index < -0.39 is 0 Å². The number of likely N-dealkylation sites (N-methyl/N-ethyl adjacent to an activating group) is 8. The number of nitrogens with zero attached hydrogens (tertiary/aromatic N) is 17. The Labute approximate surface area is 760 Å². The Morgan fingerprint density at radius 2 is 0.724 bits per heavy atom. The first-order valence-electron chi connectivity index (χ1n) is 50.8. The molecule has 5 aromatic rings. The highest BCUT2D eigenvalue weighted by atomic mass is 16.5. The molecular formula is C99H163N21O7. The van der Waals surface area contributed by atoms with Crippen LogP contribution in [0, 0.1) is 28.1 Å². The van der Waals surface area contributed by atoms with Crippen LogP contribution >= 0.6 is 0 Å². The van der Waals surface area contributed by atoms with E-state index in [1.54, 1.807) is 15.9 Å². The van der Waals surface area contributed by atoms with Crippen molar-refractivity contribution >= 4 is 17.7 Å². The normalized spacial score (nSPS) is 27.5. The topological polar surface area (TPSA) is 248 Å². The average Bonchev–Trinajstić information content (AvgIpc) is 1.64. The molecule has 0 radical (unpaired) electrons. The van der Waals surface area contributed by atoms with E-state index in [1.165, 1.54) is 172 Å². The van der Waals surface area contributed by atoms with Crippen LogP contribution in [0.3, 0.4) is 0 Å². The third-order valence-corrected chi connectivity index (χ3v) is 33.1. The van der Waals surface area contributed by atoms with Crippen LogP contribution in [0.2, 0.25) is 0 Å². The molecule has 14 aliphatic rings. The van der Waals surface area contributed by atoms with E-state index in [0.29, 0.717) is 67.8 Å². The second kappa shape index (κ2) is 43.8. The minimum atomic E-state index is -0.182. The summed E-state index contributed by atoms with van der Waals surface area (Å²) >= 11 is 0. The van der Waals surface area contributed by atoms with Gasteiger partial charge in [0.15, 0.2) is 0 Å². The summed E-state index contributed by atoms with van der Waals surface area (Å²) in [6, 6.07) is 2.01. The van der Waals surface area contributed by atoms with Gasteiger partial charge in [0.1, 0.15) is 0 Å². The van der Waals surface area contributed by atoms with E-state index in [1.807, 2.05) is 52.4 Å². The largest absolute Gasteiger partial charge is 0.375 e. The minimum Gasteiger partial charge on any atom is -0.375 e. The Hall–Kier alpha value is -6.02. The lowest BCUT2D eigenvalue weighted by molar-refractivity contribution is -0.139. The summed E-state index contributed by atoms with van der Waals surface area (Å²) in [5, 5.41) is 37.6. The van der Waals surface area contributed by atoms with E-state index in [0.717, 1.165) is 278 Å². The van der Waals surface area contributed by atoms with Gasteiger partial charge in [-0.1, -0.05) is 38.5 Å². The number of rotatable bonds is 30. The van der Waals surface area contributed by atoms with Gasteiger partial charge in [-0.05, 0) is 271 Å². The van der Waals surface area contributed by atoms with Crippen LogP contribution in [0.15, 0.2) is 12.3 Å². The zero-order chi connectivity index (χ0) is 88.1. The summed E-state index contributed by atoms with van der Waals surface area (Å²) in [5.41, 5.74) is 17.2. The molecule has 6 saturated carbocycles. The Kier molecular flexibility index (Phi) is 32.5. The fourth-order valence-corrected chi connectivity index (χ4v) is 25.6. The number of fused-ring (bicyclic) bond motifs is 4. The number of ether oxygens (including phenoxy) is 4. The first-order chi connectivity index (χ1) is 61.9. The number of carbonyl (C=O) groups excluding carboxylic acids is 3. The summed E-state index contributed by atoms with van der Waals surface area (Å²) in [5.74, 6) is 4.94. The molecule has 4 spiro atoms. The molecule has 10 fully saturated rings. The van der Waals surface area contributed by atoms with Gasteiger partial charge in [0, 0.05) is 166 Å². The quantitative estimate of drug-likeness (QED) is 0.0334. The number of likely N-dealkylation sites (tertiary alicyclic amines) is 3. The maximum Gasteiger partial charge on any atom is 0.229 e. The van der Waals surface area contributed by atoms with Crippen molar-refractivity contribution in [2.75, 3.05) is 168 Å². The van der Waals surface area contributed by atoms with Crippen LogP contribution in [0.25, 0.3) is 0 Å². The van der Waals surface area contributed by atoms with Crippen molar-refractivity contribution in [3.63, 3.8) is 0 Å². The van der Waals surface area contributed by atoms with Crippen LogP contribution in [0.4, 0.5) is 0 Å². The molecule has 28 heteroatoms. The molecular weight excluding hydrogens is 1600 g/mol. The molecule has 4 saturated heterocycles. The second-order valence-electron chi connectivity index (χ2n) is 41.8. The zero-order valence-corrected chi connectivity index (χ0v) is 79.9. The minimum absolute atomic E-state index is 0.0847. The number of carbonyl (C=O) groups is 3. The molecule has 5 aromatic heterocycles. The summed E-state index contributed by atoms with van der Waals surface area (Å²) in [6.45, 7) is 26.0. The lowest BCUT2D eigenvalue weighted by Crippen LogP contribution is -2.39. The Bertz CT molecular complexity index is 4200. The molecule has 0 bridgehead atoms. The van der Waals surface area contributed by atoms with Gasteiger partial charge < -0.3 is 54.9 Å². The highest BCUT2D eigenvalue weighted by molar-refractivity contribution is 5.86. The molecule has 3 amide bonds. The standard InChI is InChI=1S/2C27H45N5O2.C25H39N7O2.C20H34N4O/c2*1-28-13-15-30(2)19-23-25(24-20-34-17-16-32(24)29-23)22-8-10-27(11-9-22)12-14-31(26(27)33)18-21-6-4-3-5-7-21;1-26-10-13-29(2)17-21-23(22-18-34-15-14-32(22)28-21)19-4-7-25(8-5-19)9-12-31(24(25)33)16-20-6-11-30(3)27-20;1-21-11-13-23(2)15-17-19(18-5-3-12-24(18)22-17)16-6-9-20(10-7-16)8-4-14-25-20/h2*21-22,28H,3-20H2,1-2H3;6,11,19,26H,4-5,7-10,12-18H2,1-3H3;16,21H,3-15H2,1-2H3. The molecule has 0 unspecified atom stereocenters. The van der Waals surface area contributed by atoms with Crippen molar-refractivity contribution in [1.82, 2.24) is 104 Å². The highest BCUT2D eigenvalue weighted by Gasteiger charge is 2.53. The van der Waals surface area contributed by atoms with Crippen LogP contribution in [-0.4, -0.2) is 274 Å². The summed E-state index contributed by atoms with van der Waals surface area (Å²) < 4.78 is 34.4. The van der Waals surface area contributed by atoms with Gasteiger partial charge in [-0.3, -0.25) is 57.4 Å². The molecule has 13 heterocycles. The Morgan fingerprint density at radius 3 is 1.07 bits per heavy atom. The zero-order valence-electron chi connectivity index (χ0n) is 79.9. The fourth-order valence-electron chi connectivity index (χ4n) is 25.6. The van der Waals surface area contributed by atoms with E-state index in [-0.39, 0.29) is 21.8 Å². The number of nitrogens with one attached hydrogen (secondary N) is 4. The fraction of sp³-hybridized carbons (Fsp3) is 0.818. The van der Waals surface area contributed by atoms with Crippen molar-refractivity contribution in [1.29, 1.82) is 0 Å². The number of aryl methyl sites for hydroxylation is 2. The molecule has 0 aromatic carbocycles. The first kappa shape index (κ1) is 94.2. The number of hydrogen-bond acceptors (Lipinski definition) is 20. The van der Waals surface area contributed by atoms with Gasteiger partial charge in [-0.2, -0.15) is 25.5 Å². The Balaban J connectivity index is 0.000000125. The predicted octanol–water partition coefficient (Wildman–Crippen LogP) is 11.6. The van der Waals surface area contributed by atoms with E-state index in [4.69, 9.17) is 39.3 Å². The van der Waals surface area contributed by atoms with Gasteiger partial charge in [0.2, 0.25) is 17.7 Å². The summed E-state index contributed by atoms with van der Waals surface area (Å²) in [4.78, 5) is 56.6. The molecule has 6 aliphatic carbocycles. The lowest BCUT2D eigenvalue weighted by Gasteiger charge is -2.37. The number of hydrogen-bond donors (Lipinski definition) is 4. The van der Waals surface area contributed by atoms with Crippen molar-refractivity contribution in [2.45, 2.75) is 320 Å². The van der Waals surface area contributed by atoms with Gasteiger partial charge in [0.25, 0.3) is 0 Å². The smallest absolute Gasteiger partial charge is 0.229 e. The first-order valence-corrected chi connectivity index (χ1v) is 50.8. The molecule has 8 aliphatic heterocycles. The average molecular weight is 1760 g/mol. The number of amides is 3. The van der Waals surface area contributed by atoms with Crippen molar-refractivity contribution < 1.29 is 33.3 Å². The Morgan fingerprint density at radius 1 is 0.378 bits per heavy atom. The summed E-state index contributed by atoms with van der Waals surface area (Å²) in [6.07, 6.45) is 41.2. The van der Waals surface area contributed by atoms with Gasteiger partial charge >= 0.3 is 0 Å². The molecule has 127 heavy (non-hydrogen) atoms. The van der Waals surface area contributed by atoms with Gasteiger partial charge in [-0.25, -0.2) is 0 Å². The van der Waals surface area contributed by atoms with Crippen LogP contribution < -0.4 is 21.3 Å². The monoisotopic (exact) mass is 1760 g/mol. The SMILES string of the molecule is CNCCN(C)Cc1nn2c(c1C1CCC3(CC1)CCN(CC1CCCCC1)C3=O)COCC2.CNCCN(C)Cc1nn2c(c1C1CCC3(CC1)CCN(CC1CCCCC1)C3=O)COCC2.CNCCN(C)Cc1nn2c(c1C1CCC3(CC1)CCN(Cc1ccn(C)n1)C3=O)COCC2.CNCCN(C)Cc1nn2c(c1C1CCC3(CCCO3)CC1)CCC2. The van der Waals surface area contributed by atoms with E-state index in [9.17, 15) is 14.4 Å². The second-order valence-corrected chi connectivity index (χ2v) is 41.8. The van der Waals surface area contributed by atoms with Crippen LogP contribution in [0.5, 0.6) is 0 Å². The van der Waals surface area contributed by atoms with Gasteiger partial charge in [-0.15, -0.1) is 0 Å². The summed E-state index contributed by atoms with van der Waals surface area (Å²) in [7, 11) is 18.7. The van der Waals surface area contributed by atoms with Crippen LogP contribution in [0.1, 0.15) is 303 Å². The van der Waals surface area contributed by atoms with E-state index >= 15 is 0 Å². The third kappa shape index (κ3) is 22.1. The maximum absolute atomic E-state index is 13.6. The molecule has 4 N–H and O–H groups in total. The molecule has 28 nitrogen and oxygen atoms in total. The van der Waals surface area contributed by atoms with Crippen molar-refractivity contribution in [2.24, 2.45) is 35.1 Å². The predicted molar refractivity (Wildman–Crippen MR) is 496 cm³/mol. The maximum atomic E-state index is 13.6. The number of aromatic nitrogens is 10. The van der Waals surface area contributed by atoms with Gasteiger partial charge in [0.05, 0.1) is 133 Å².